The topological polar surface area (TPSA) is 70.7 Å². The highest BCUT2D eigenvalue weighted by Crippen LogP contribution is 2.16. The summed E-state index contributed by atoms with van der Waals surface area (Å²) in [6.07, 6.45) is 2.46. The molecule has 1 aliphatic rings. The van der Waals surface area contributed by atoms with Gasteiger partial charge in [-0.2, -0.15) is 0 Å². The summed E-state index contributed by atoms with van der Waals surface area (Å²) in [7, 11) is 1.58. The standard InChI is InChI=1S/C16H21N3O3/c1-22-12-10-17-15(20)9-11-19-16(21)8-7-14(18-19)13-5-3-2-4-6-13/h2-7,18H,8-12H2,1H3,(H,17,20). The monoisotopic (exact) mass is 303 g/mol. The summed E-state index contributed by atoms with van der Waals surface area (Å²) in [5, 5.41) is 4.23. The van der Waals surface area contributed by atoms with Crippen molar-refractivity contribution in [1.82, 2.24) is 15.8 Å². The molecule has 0 atom stereocenters. The maximum absolute atomic E-state index is 11.9. The molecule has 2 rings (SSSR count). The molecule has 0 radical (unpaired) electrons. The Hall–Kier alpha value is -2.34. The van der Waals surface area contributed by atoms with E-state index in [1.807, 2.05) is 36.4 Å². The maximum Gasteiger partial charge on any atom is 0.244 e. The number of amides is 2. The van der Waals surface area contributed by atoms with E-state index in [0.29, 0.717) is 26.1 Å². The van der Waals surface area contributed by atoms with Crippen LogP contribution in [0.2, 0.25) is 0 Å². The molecule has 118 valence electrons. The Balaban J connectivity index is 1.85. The molecule has 0 unspecified atom stereocenters. The van der Waals surface area contributed by atoms with Gasteiger partial charge in [0.2, 0.25) is 11.8 Å². The van der Waals surface area contributed by atoms with Crippen LogP contribution in [0, 0.1) is 0 Å². The molecule has 6 heteroatoms. The fourth-order valence-electron chi connectivity index (χ4n) is 2.13. The summed E-state index contributed by atoms with van der Waals surface area (Å²) in [5.74, 6) is -0.133. The van der Waals surface area contributed by atoms with E-state index in [4.69, 9.17) is 4.74 Å². The van der Waals surface area contributed by atoms with Crippen LogP contribution in [0.15, 0.2) is 36.4 Å². The zero-order valence-corrected chi connectivity index (χ0v) is 12.7. The number of nitrogens with one attached hydrogen (secondary N) is 2. The minimum absolute atomic E-state index is 0.0376. The van der Waals surface area contributed by atoms with Crippen molar-refractivity contribution in [3.8, 4) is 0 Å². The van der Waals surface area contributed by atoms with Crippen molar-refractivity contribution in [2.24, 2.45) is 0 Å². The normalized spacial score (nSPS) is 14.3. The van der Waals surface area contributed by atoms with Crippen molar-refractivity contribution < 1.29 is 14.3 Å². The molecule has 0 spiro atoms. The van der Waals surface area contributed by atoms with Gasteiger partial charge >= 0.3 is 0 Å². The van der Waals surface area contributed by atoms with E-state index < -0.39 is 0 Å². The molecule has 2 N–H and O–H groups in total. The van der Waals surface area contributed by atoms with Crippen LogP contribution in [-0.2, 0) is 14.3 Å². The van der Waals surface area contributed by atoms with Gasteiger partial charge in [0.15, 0.2) is 0 Å². The van der Waals surface area contributed by atoms with Gasteiger partial charge in [-0.15, -0.1) is 0 Å². The summed E-state index contributed by atoms with van der Waals surface area (Å²) in [6.45, 7) is 1.29. The summed E-state index contributed by atoms with van der Waals surface area (Å²) < 4.78 is 4.87. The molecule has 1 aromatic carbocycles. The van der Waals surface area contributed by atoms with E-state index >= 15 is 0 Å². The molecule has 0 fully saturated rings. The number of carbonyl (C=O) groups is 2. The van der Waals surface area contributed by atoms with Crippen LogP contribution < -0.4 is 10.7 Å². The van der Waals surface area contributed by atoms with Gasteiger partial charge in [-0.05, 0) is 11.6 Å². The van der Waals surface area contributed by atoms with Crippen LogP contribution in [0.4, 0.5) is 0 Å². The van der Waals surface area contributed by atoms with E-state index in [-0.39, 0.29) is 18.2 Å². The van der Waals surface area contributed by atoms with Gasteiger partial charge in [-0.1, -0.05) is 30.3 Å². The summed E-state index contributed by atoms with van der Waals surface area (Å²) in [6, 6.07) is 9.79. The molecule has 2 amide bonds. The average molecular weight is 303 g/mol. The lowest BCUT2D eigenvalue weighted by Gasteiger charge is -2.29. The fourth-order valence-corrected chi connectivity index (χ4v) is 2.13. The third-order valence-corrected chi connectivity index (χ3v) is 3.31. The molecular weight excluding hydrogens is 282 g/mol. The first-order valence-electron chi connectivity index (χ1n) is 7.29. The van der Waals surface area contributed by atoms with Crippen LogP contribution in [0.5, 0.6) is 0 Å². The molecule has 0 aromatic heterocycles. The Kier molecular flexibility index (Phi) is 5.97. The average Bonchev–Trinajstić information content (AvgIpc) is 2.55. The Morgan fingerprint density at radius 3 is 2.86 bits per heavy atom. The van der Waals surface area contributed by atoms with Crippen LogP contribution in [0.25, 0.3) is 5.70 Å². The highest BCUT2D eigenvalue weighted by Gasteiger charge is 2.20. The quantitative estimate of drug-likeness (QED) is 0.735. The molecule has 6 nitrogen and oxygen atoms in total. The van der Waals surface area contributed by atoms with Crippen LogP contribution in [0.1, 0.15) is 18.4 Å². The lowest BCUT2D eigenvalue weighted by atomic mass is 10.1. The van der Waals surface area contributed by atoms with Gasteiger partial charge in [-0.3, -0.25) is 20.0 Å². The number of ether oxygens (including phenoxy) is 1. The molecule has 1 aliphatic heterocycles. The Morgan fingerprint density at radius 2 is 2.14 bits per heavy atom. The predicted molar refractivity (Wildman–Crippen MR) is 83.4 cm³/mol. The van der Waals surface area contributed by atoms with Crippen molar-refractivity contribution in [3.63, 3.8) is 0 Å². The van der Waals surface area contributed by atoms with Gasteiger partial charge in [0.25, 0.3) is 0 Å². The highest BCUT2D eigenvalue weighted by molar-refractivity contribution is 5.84. The molecular formula is C16H21N3O3. The number of hydrazine groups is 1. The van der Waals surface area contributed by atoms with E-state index in [9.17, 15) is 9.59 Å². The summed E-state index contributed by atoms with van der Waals surface area (Å²) in [4.78, 5) is 23.6. The van der Waals surface area contributed by atoms with Crippen molar-refractivity contribution >= 4 is 17.5 Å². The zero-order valence-electron chi connectivity index (χ0n) is 12.7. The fraction of sp³-hybridized carbons (Fsp3) is 0.375. The SMILES string of the molecule is COCCNC(=O)CCN1NC(c2ccccc2)=CCC1=O. The van der Waals surface area contributed by atoms with Crippen molar-refractivity contribution in [1.29, 1.82) is 0 Å². The number of methoxy groups -OCH3 is 1. The lowest BCUT2D eigenvalue weighted by Crippen LogP contribution is -2.46. The minimum Gasteiger partial charge on any atom is -0.383 e. The van der Waals surface area contributed by atoms with Crippen LogP contribution in [0.3, 0.4) is 0 Å². The van der Waals surface area contributed by atoms with E-state index in [1.54, 1.807) is 7.11 Å². The molecule has 0 saturated carbocycles. The van der Waals surface area contributed by atoms with E-state index in [1.165, 1.54) is 5.01 Å². The molecule has 0 saturated heterocycles. The van der Waals surface area contributed by atoms with Crippen molar-refractivity contribution in [2.45, 2.75) is 12.8 Å². The van der Waals surface area contributed by atoms with Crippen LogP contribution in [-0.4, -0.2) is 43.6 Å². The molecule has 0 bridgehead atoms. The molecule has 1 aromatic rings. The largest absolute Gasteiger partial charge is 0.383 e. The second-order valence-electron chi connectivity index (χ2n) is 4.94. The van der Waals surface area contributed by atoms with Gasteiger partial charge in [0.1, 0.15) is 0 Å². The predicted octanol–water partition coefficient (Wildman–Crippen LogP) is 0.917. The maximum atomic E-state index is 11.9. The lowest BCUT2D eigenvalue weighted by molar-refractivity contribution is -0.133. The zero-order chi connectivity index (χ0) is 15.8. The molecule has 0 aliphatic carbocycles. The van der Waals surface area contributed by atoms with Gasteiger partial charge in [-0.25, -0.2) is 0 Å². The second-order valence-corrected chi connectivity index (χ2v) is 4.94. The van der Waals surface area contributed by atoms with Gasteiger partial charge in [0, 0.05) is 26.5 Å². The van der Waals surface area contributed by atoms with Gasteiger partial charge < -0.3 is 10.1 Å². The minimum atomic E-state index is -0.0949. The number of rotatable bonds is 7. The van der Waals surface area contributed by atoms with Crippen LogP contribution >= 0.6 is 0 Å². The van der Waals surface area contributed by atoms with Gasteiger partial charge in [0.05, 0.1) is 18.8 Å². The number of nitrogens with zero attached hydrogens (tertiary/aromatic N) is 1. The Morgan fingerprint density at radius 1 is 1.36 bits per heavy atom. The second kappa shape index (κ2) is 8.19. The third-order valence-electron chi connectivity index (χ3n) is 3.31. The smallest absolute Gasteiger partial charge is 0.244 e. The number of hydrogen-bond acceptors (Lipinski definition) is 4. The third kappa shape index (κ3) is 4.60. The highest BCUT2D eigenvalue weighted by atomic mass is 16.5. The van der Waals surface area contributed by atoms with Crippen molar-refractivity contribution in [2.75, 3.05) is 26.8 Å². The first-order valence-corrected chi connectivity index (χ1v) is 7.29. The van der Waals surface area contributed by atoms with E-state index in [2.05, 4.69) is 10.7 Å². The Labute approximate surface area is 130 Å². The Bertz CT molecular complexity index is 543. The first kappa shape index (κ1) is 16.0. The van der Waals surface area contributed by atoms with E-state index in [0.717, 1.165) is 11.3 Å². The molecule has 22 heavy (non-hydrogen) atoms. The number of benzene rings is 1. The number of carbonyl (C=O) groups excluding carboxylic acids is 2. The summed E-state index contributed by atoms with van der Waals surface area (Å²) >= 11 is 0. The van der Waals surface area contributed by atoms with Crippen molar-refractivity contribution in [3.05, 3.63) is 42.0 Å². The molecule has 1 heterocycles. The summed E-state index contributed by atoms with van der Waals surface area (Å²) in [5.41, 5.74) is 4.99. The first-order chi connectivity index (χ1) is 10.7. The number of hydrogen-bond donors (Lipinski definition) is 2.